The Kier molecular flexibility index (Phi) is 4.07. The summed E-state index contributed by atoms with van der Waals surface area (Å²) in [6, 6.07) is 0.961. The first-order valence-corrected chi connectivity index (χ1v) is 5.18. The molecule has 0 saturated heterocycles. The van der Waals surface area contributed by atoms with Gasteiger partial charge in [0.05, 0.1) is 6.54 Å². The second kappa shape index (κ2) is 5.10. The average molecular weight is 196 g/mol. The van der Waals surface area contributed by atoms with Gasteiger partial charge in [0, 0.05) is 12.1 Å². The summed E-state index contributed by atoms with van der Waals surface area (Å²) < 4.78 is 1.85. The topological polar surface area (TPSA) is 42.7 Å². The molecule has 2 unspecified atom stereocenters. The molecule has 2 atom stereocenters. The van der Waals surface area contributed by atoms with Crippen LogP contribution in [0.5, 0.6) is 0 Å². The molecule has 1 N–H and O–H groups in total. The van der Waals surface area contributed by atoms with Gasteiger partial charge in [-0.15, -0.1) is 0 Å². The van der Waals surface area contributed by atoms with Crippen LogP contribution >= 0.6 is 0 Å². The third-order valence-electron chi connectivity index (χ3n) is 2.47. The Hall–Kier alpha value is -0.900. The number of hydrogen-bond acceptors (Lipinski definition) is 3. The lowest BCUT2D eigenvalue weighted by Crippen LogP contribution is -2.40. The van der Waals surface area contributed by atoms with Crippen molar-refractivity contribution in [1.82, 2.24) is 20.1 Å². The van der Waals surface area contributed by atoms with E-state index in [0.717, 1.165) is 6.54 Å². The van der Waals surface area contributed by atoms with Crippen LogP contribution in [-0.4, -0.2) is 26.8 Å². The largest absolute Gasteiger partial charge is 0.310 e. The molecule has 0 aromatic carbocycles. The Morgan fingerprint density at radius 2 is 2.00 bits per heavy atom. The zero-order valence-electron chi connectivity index (χ0n) is 9.44. The molecule has 1 aromatic heterocycles. The highest BCUT2D eigenvalue weighted by molar-refractivity contribution is 4.70. The molecule has 0 aliphatic heterocycles. The van der Waals surface area contributed by atoms with Crippen molar-refractivity contribution >= 4 is 0 Å². The molecule has 0 fully saturated rings. The first-order chi connectivity index (χ1) is 6.59. The second-order valence-electron chi connectivity index (χ2n) is 4.22. The van der Waals surface area contributed by atoms with Crippen LogP contribution in [0.3, 0.4) is 0 Å². The average Bonchev–Trinajstić information content (AvgIpc) is 2.56. The summed E-state index contributed by atoms with van der Waals surface area (Å²) in [6.45, 7) is 9.69. The summed E-state index contributed by atoms with van der Waals surface area (Å²) in [4.78, 5) is 3.91. The quantitative estimate of drug-likeness (QED) is 0.772. The predicted molar refractivity (Wildman–Crippen MR) is 56.9 cm³/mol. The van der Waals surface area contributed by atoms with Crippen molar-refractivity contribution in [2.75, 3.05) is 0 Å². The third kappa shape index (κ3) is 3.46. The summed E-state index contributed by atoms with van der Waals surface area (Å²) in [5, 5.41) is 7.60. The van der Waals surface area contributed by atoms with E-state index >= 15 is 0 Å². The molecule has 0 saturated carbocycles. The van der Waals surface area contributed by atoms with Gasteiger partial charge in [0.1, 0.15) is 12.7 Å². The van der Waals surface area contributed by atoms with Crippen molar-refractivity contribution in [1.29, 1.82) is 0 Å². The molecule has 1 aromatic rings. The molecule has 1 heterocycles. The Balaban J connectivity index is 2.32. The maximum Gasteiger partial charge on any atom is 0.137 e. The van der Waals surface area contributed by atoms with Gasteiger partial charge in [0.2, 0.25) is 0 Å². The first-order valence-electron chi connectivity index (χ1n) is 5.18. The zero-order chi connectivity index (χ0) is 10.6. The first kappa shape index (κ1) is 11.2. The molecule has 0 bridgehead atoms. The second-order valence-corrected chi connectivity index (χ2v) is 4.22. The molecule has 0 spiro atoms. The lowest BCUT2D eigenvalue weighted by atomic mass is 10.1. The molecule has 80 valence electrons. The minimum absolute atomic E-state index is 0.425. The summed E-state index contributed by atoms with van der Waals surface area (Å²) in [5.74, 6) is 0.660. The molecule has 4 nitrogen and oxygen atoms in total. The van der Waals surface area contributed by atoms with Crippen molar-refractivity contribution < 1.29 is 0 Å². The number of nitrogens with zero attached hydrogens (tertiary/aromatic N) is 3. The number of aromatic nitrogens is 3. The maximum absolute atomic E-state index is 4.07. The van der Waals surface area contributed by atoms with Crippen molar-refractivity contribution in [2.45, 2.75) is 46.3 Å². The van der Waals surface area contributed by atoms with Crippen LogP contribution in [0.25, 0.3) is 0 Å². The molecule has 0 aliphatic rings. The highest BCUT2D eigenvalue weighted by Crippen LogP contribution is 2.01. The van der Waals surface area contributed by atoms with Gasteiger partial charge in [-0.05, 0) is 19.8 Å². The summed E-state index contributed by atoms with van der Waals surface area (Å²) in [6.07, 6.45) is 3.32. The van der Waals surface area contributed by atoms with Crippen molar-refractivity contribution in [3.8, 4) is 0 Å². The predicted octanol–water partition coefficient (Wildman–Crippen LogP) is 1.30. The molecule has 0 amide bonds. The van der Waals surface area contributed by atoms with Gasteiger partial charge in [0.25, 0.3) is 0 Å². The van der Waals surface area contributed by atoms with Gasteiger partial charge in [-0.2, -0.15) is 5.10 Å². The highest BCUT2D eigenvalue weighted by Gasteiger charge is 2.10. The monoisotopic (exact) mass is 196 g/mol. The van der Waals surface area contributed by atoms with Gasteiger partial charge < -0.3 is 5.32 Å². The van der Waals surface area contributed by atoms with Crippen molar-refractivity contribution in [3.63, 3.8) is 0 Å². The van der Waals surface area contributed by atoms with Gasteiger partial charge in [-0.25, -0.2) is 4.98 Å². The molecule has 0 aliphatic carbocycles. The Labute approximate surface area is 85.7 Å². The van der Waals surface area contributed by atoms with E-state index in [1.165, 1.54) is 0 Å². The molecular formula is C10H20N4. The Morgan fingerprint density at radius 3 is 2.50 bits per heavy atom. The zero-order valence-corrected chi connectivity index (χ0v) is 9.44. The smallest absolute Gasteiger partial charge is 0.137 e. The van der Waals surface area contributed by atoms with E-state index in [1.54, 1.807) is 12.7 Å². The normalized spacial score (nSPS) is 15.8. The van der Waals surface area contributed by atoms with E-state index < -0.39 is 0 Å². The van der Waals surface area contributed by atoms with E-state index in [1.807, 2.05) is 4.68 Å². The molecular weight excluding hydrogens is 176 g/mol. The van der Waals surface area contributed by atoms with Crippen LogP contribution in [0.15, 0.2) is 12.7 Å². The van der Waals surface area contributed by atoms with E-state index in [0.29, 0.717) is 18.0 Å². The van der Waals surface area contributed by atoms with Crippen LogP contribution in [0.4, 0.5) is 0 Å². The number of rotatable bonds is 5. The third-order valence-corrected chi connectivity index (χ3v) is 2.47. The lowest BCUT2D eigenvalue weighted by Gasteiger charge is -2.22. The van der Waals surface area contributed by atoms with E-state index in [4.69, 9.17) is 0 Å². The highest BCUT2D eigenvalue weighted by atomic mass is 15.3. The standard InChI is InChI=1S/C10H20N4/c1-8(2)10(4)13-9(3)5-14-7-11-6-12-14/h6-10,13H,5H2,1-4H3. The maximum atomic E-state index is 4.07. The van der Waals surface area contributed by atoms with Crippen molar-refractivity contribution in [3.05, 3.63) is 12.7 Å². The van der Waals surface area contributed by atoms with E-state index in [2.05, 4.69) is 43.1 Å². The van der Waals surface area contributed by atoms with E-state index in [9.17, 15) is 0 Å². The number of nitrogens with one attached hydrogen (secondary N) is 1. The van der Waals surface area contributed by atoms with Crippen molar-refractivity contribution in [2.24, 2.45) is 5.92 Å². The van der Waals surface area contributed by atoms with Gasteiger partial charge >= 0.3 is 0 Å². The fourth-order valence-corrected chi connectivity index (χ4v) is 1.30. The summed E-state index contributed by atoms with van der Waals surface area (Å²) >= 11 is 0. The molecule has 4 heteroatoms. The van der Waals surface area contributed by atoms with Crippen LogP contribution in [0.2, 0.25) is 0 Å². The van der Waals surface area contributed by atoms with Gasteiger partial charge in [-0.1, -0.05) is 13.8 Å². The summed E-state index contributed by atoms with van der Waals surface area (Å²) in [5.41, 5.74) is 0. The van der Waals surface area contributed by atoms with Gasteiger partial charge in [-0.3, -0.25) is 4.68 Å². The molecule has 14 heavy (non-hydrogen) atoms. The number of hydrogen-bond donors (Lipinski definition) is 1. The van der Waals surface area contributed by atoms with E-state index in [-0.39, 0.29) is 0 Å². The van der Waals surface area contributed by atoms with Crippen LogP contribution in [-0.2, 0) is 6.54 Å². The minimum atomic E-state index is 0.425. The van der Waals surface area contributed by atoms with Crippen LogP contribution < -0.4 is 5.32 Å². The lowest BCUT2D eigenvalue weighted by molar-refractivity contribution is 0.352. The fourth-order valence-electron chi connectivity index (χ4n) is 1.30. The van der Waals surface area contributed by atoms with Crippen LogP contribution in [0.1, 0.15) is 27.7 Å². The Bertz CT molecular complexity index is 243. The van der Waals surface area contributed by atoms with Gasteiger partial charge in [0.15, 0.2) is 0 Å². The van der Waals surface area contributed by atoms with Crippen LogP contribution in [0, 0.1) is 5.92 Å². The minimum Gasteiger partial charge on any atom is -0.310 e. The SMILES string of the molecule is CC(Cn1cncn1)NC(C)C(C)C. The molecule has 0 radical (unpaired) electrons. The fraction of sp³-hybridized carbons (Fsp3) is 0.800. The molecule has 1 rings (SSSR count). The summed E-state index contributed by atoms with van der Waals surface area (Å²) in [7, 11) is 0. The Morgan fingerprint density at radius 1 is 1.29 bits per heavy atom.